The Bertz CT molecular complexity index is 465. The average Bonchev–Trinajstić information content (AvgIpc) is 2.37. The van der Waals surface area contributed by atoms with Gasteiger partial charge in [0.15, 0.2) is 0 Å². The van der Waals surface area contributed by atoms with Crippen LogP contribution in [0.15, 0.2) is 35.3 Å². The molecule has 0 aromatic heterocycles. The molecule has 0 aliphatic heterocycles. The third kappa shape index (κ3) is 4.64. The fourth-order valence-corrected chi connectivity index (χ4v) is 2.34. The van der Waals surface area contributed by atoms with Gasteiger partial charge in [-0.2, -0.15) is 0 Å². The molecule has 5 heteroatoms. The van der Waals surface area contributed by atoms with Crippen molar-refractivity contribution in [3.8, 4) is 0 Å². The van der Waals surface area contributed by atoms with Gasteiger partial charge in [0, 0.05) is 11.5 Å². The van der Waals surface area contributed by atoms with Crippen LogP contribution in [-0.4, -0.2) is 25.7 Å². The molecule has 0 radical (unpaired) electrons. The second kappa shape index (κ2) is 7.68. The molecule has 0 saturated heterocycles. The van der Waals surface area contributed by atoms with Crippen LogP contribution in [0, 0.1) is 0 Å². The lowest BCUT2D eigenvalue weighted by Crippen LogP contribution is -2.36. The number of halogens is 2. The van der Waals surface area contributed by atoms with Crippen molar-refractivity contribution in [1.82, 2.24) is 0 Å². The van der Waals surface area contributed by atoms with Crippen molar-refractivity contribution >= 4 is 39.1 Å². The van der Waals surface area contributed by atoms with Crippen molar-refractivity contribution < 1.29 is 9.53 Å². The van der Waals surface area contributed by atoms with Gasteiger partial charge in [-0.05, 0) is 31.5 Å². The van der Waals surface area contributed by atoms with Gasteiger partial charge < -0.3 is 9.64 Å². The molecule has 1 amide bonds. The van der Waals surface area contributed by atoms with Gasteiger partial charge in [0.05, 0.1) is 17.3 Å². The molecule has 0 bridgehead atoms. The van der Waals surface area contributed by atoms with Crippen LogP contribution in [0.1, 0.15) is 13.3 Å². The lowest BCUT2D eigenvalue weighted by Gasteiger charge is -2.22. The number of carbonyl (C=O) groups excluding carboxylic acids is 1. The lowest BCUT2D eigenvalue weighted by molar-refractivity contribution is -0.128. The molecule has 3 nitrogen and oxygen atoms in total. The van der Waals surface area contributed by atoms with E-state index in [0.29, 0.717) is 17.3 Å². The molecule has 0 saturated carbocycles. The molecule has 1 aromatic carbocycles. The lowest BCUT2D eigenvalue weighted by atomic mass is 10.2. The summed E-state index contributed by atoms with van der Waals surface area (Å²) >= 11 is 9.45. The highest BCUT2D eigenvalue weighted by atomic mass is 79.9. The molecule has 1 atom stereocenters. The molecule has 0 aliphatic carbocycles. The van der Waals surface area contributed by atoms with E-state index >= 15 is 0 Å². The zero-order valence-corrected chi connectivity index (χ0v) is 13.4. The maximum absolute atomic E-state index is 12.2. The Balaban J connectivity index is 2.72. The molecule has 0 spiro atoms. The number of rotatable bonds is 6. The van der Waals surface area contributed by atoms with Crippen molar-refractivity contribution in [2.45, 2.75) is 19.4 Å². The van der Waals surface area contributed by atoms with Crippen LogP contribution in [0.5, 0.6) is 0 Å². The Labute approximate surface area is 127 Å². The summed E-state index contributed by atoms with van der Waals surface area (Å²) in [7, 11) is 1.69. The molecule has 0 heterocycles. The highest BCUT2D eigenvalue weighted by Crippen LogP contribution is 2.28. The first-order valence-corrected chi connectivity index (χ1v) is 7.09. The van der Waals surface area contributed by atoms with Crippen LogP contribution in [0.2, 0.25) is 5.02 Å². The molecule has 1 aromatic rings. The van der Waals surface area contributed by atoms with Crippen molar-refractivity contribution in [2.75, 3.05) is 18.6 Å². The van der Waals surface area contributed by atoms with Crippen LogP contribution in [0.25, 0.3) is 0 Å². The minimum atomic E-state index is -0.510. The Kier molecular flexibility index (Phi) is 6.55. The highest BCUT2D eigenvalue weighted by molar-refractivity contribution is 9.10. The normalized spacial score (nSPS) is 12.0. The van der Waals surface area contributed by atoms with Gasteiger partial charge in [-0.1, -0.05) is 33.6 Å². The molecule has 104 valence electrons. The molecular weight excluding hydrogens is 330 g/mol. The zero-order valence-electron chi connectivity index (χ0n) is 11.0. The maximum Gasteiger partial charge on any atom is 0.255 e. The van der Waals surface area contributed by atoms with Crippen molar-refractivity contribution in [2.24, 2.45) is 0 Å². The summed E-state index contributed by atoms with van der Waals surface area (Å²) in [6.45, 7) is 5.82. The van der Waals surface area contributed by atoms with Gasteiger partial charge >= 0.3 is 0 Å². The van der Waals surface area contributed by atoms with Crippen LogP contribution in [-0.2, 0) is 9.53 Å². The summed E-state index contributed by atoms with van der Waals surface area (Å²) in [5.74, 6) is -0.131. The molecule has 0 aliphatic rings. The van der Waals surface area contributed by atoms with Gasteiger partial charge in [-0.15, -0.1) is 6.58 Å². The largest absolute Gasteiger partial charge is 0.368 e. The van der Waals surface area contributed by atoms with Gasteiger partial charge in [0.25, 0.3) is 5.91 Å². The second-order valence-electron chi connectivity index (χ2n) is 4.08. The summed E-state index contributed by atoms with van der Waals surface area (Å²) in [4.78, 5) is 13.7. The third-order valence-electron chi connectivity index (χ3n) is 2.64. The predicted molar refractivity (Wildman–Crippen MR) is 82.8 cm³/mol. The Morgan fingerprint density at radius 2 is 2.32 bits per heavy atom. The fourth-order valence-electron chi connectivity index (χ4n) is 1.54. The van der Waals surface area contributed by atoms with Gasteiger partial charge in [0.1, 0.15) is 6.10 Å². The number of amides is 1. The van der Waals surface area contributed by atoms with E-state index in [1.54, 1.807) is 32.2 Å². The van der Waals surface area contributed by atoms with E-state index < -0.39 is 6.10 Å². The van der Waals surface area contributed by atoms with E-state index in [9.17, 15) is 4.79 Å². The van der Waals surface area contributed by atoms with E-state index in [0.717, 1.165) is 10.9 Å². The summed E-state index contributed by atoms with van der Waals surface area (Å²) in [5.41, 5.74) is 0.661. The number of likely N-dealkylation sites (N-methyl/N-ethyl adjacent to an activating group) is 1. The van der Waals surface area contributed by atoms with Gasteiger partial charge in [-0.3, -0.25) is 4.79 Å². The highest BCUT2D eigenvalue weighted by Gasteiger charge is 2.20. The summed E-state index contributed by atoms with van der Waals surface area (Å²) in [5, 5.41) is 0.517. The number of nitrogens with zero attached hydrogens (tertiary/aromatic N) is 1. The summed E-state index contributed by atoms with van der Waals surface area (Å²) in [6, 6.07) is 5.39. The van der Waals surface area contributed by atoms with E-state index in [1.165, 1.54) is 4.90 Å². The van der Waals surface area contributed by atoms with Gasteiger partial charge in [0.2, 0.25) is 0 Å². The molecule has 19 heavy (non-hydrogen) atoms. The fraction of sp³-hybridized carbons (Fsp3) is 0.357. The molecular formula is C14H17BrClNO2. The van der Waals surface area contributed by atoms with Crippen molar-refractivity contribution in [1.29, 1.82) is 0 Å². The minimum absolute atomic E-state index is 0.131. The number of hydrogen-bond donors (Lipinski definition) is 0. The first-order valence-electron chi connectivity index (χ1n) is 5.92. The van der Waals surface area contributed by atoms with E-state index in [4.69, 9.17) is 16.3 Å². The number of benzene rings is 1. The summed E-state index contributed by atoms with van der Waals surface area (Å²) in [6.07, 6.45) is 1.97. The Hall–Kier alpha value is -0.840. The Morgan fingerprint density at radius 3 is 2.89 bits per heavy atom. The molecule has 0 N–H and O–H groups in total. The topological polar surface area (TPSA) is 29.5 Å². The smallest absolute Gasteiger partial charge is 0.255 e. The number of ether oxygens (including phenoxy) is 1. The van der Waals surface area contributed by atoms with Crippen LogP contribution >= 0.6 is 27.5 Å². The first kappa shape index (κ1) is 16.2. The van der Waals surface area contributed by atoms with E-state index in [1.807, 2.05) is 6.07 Å². The minimum Gasteiger partial charge on any atom is -0.368 e. The third-order valence-corrected chi connectivity index (χ3v) is 3.44. The Morgan fingerprint density at radius 1 is 1.63 bits per heavy atom. The van der Waals surface area contributed by atoms with Crippen LogP contribution in [0.3, 0.4) is 0 Å². The first-order chi connectivity index (χ1) is 8.97. The quantitative estimate of drug-likeness (QED) is 0.574. The van der Waals surface area contributed by atoms with Crippen LogP contribution in [0.4, 0.5) is 5.69 Å². The number of anilines is 1. The maximum atomic E-state index is 12.2. The second-order valence-corrected chi connectivity index (χ2v) is 5.41. The van der Waals surface area contributed by atoms with Crippen LogP contribution < -0.4 is 4.90 Å². The van der Waals surface area contributed by atoms with E-state index in [2.05, 4.69) is 22.5 Å². The molecule has 1 unspecified atom stereocenters. The summed E-state index contributed by atoms with van der Waals surface area (Å²) < 4.78 is 6.31. The van der Waals surface area contributed by atoms with Crippen molar-refractivity contribution in [3.05, 3.63) is 40.3 Å². The SMILES string of the molecule is C=CCCOC(C)C(=O)N(C)c1ccc(Br)cc1Cl. The predicted octanol–water partition coefficient (Wildman–Crippen LogP) is 4.05. The standard InChI is InChI=1S/C14H17BrClNO2/c1-4-5-8-19-10(2)14(18)17(3)13-7-6-11(15)9-12(13)16/h4,6-7,9-10H,1,5,8H2,2-3H3. The number of hydrogen-bond acceptors (Lipinski definition) is 2. The number of carbonyl (C=O) groups is 1. The zero-order chi connectivity index (χ0) is 14.4. The monoisotopic (exact) mass is 345 g/mol. The van der Waals surface area contributed by atoms with Crippen molar-refractivity contribution in [3.63, 3.8) is 0 Å². The molecule has 0 fully saturated rings. The van der Waals surface area contributed by atoms with E-state index in [-0.39, 0.29) is 5.91 Å². The average molecular weight is 347 g/mol. The molecule has 1 rings (SSSR count). The van der Waals surface area contributed by atoms with Gasteiger partial charge in [-0.25, -0.2) is 0 Å².